The summed E-state index contributed by atoms with van der Waals surface area (Å²) < 4.78 is 14.0. The molecule has 126 valence electrons. The highest BCUT2D eigenvalue weighted by Crippen LogP contribution is 2.24. The number of hydrogen-bond donors (Lipinski definition) is 5. The van der Waals surface area contributed by atoms with Crippen molar-refractivity contribution in [3.63, 3.8) is 0 Å². The Hall–Kier alpha value is -3.20. The van der Waals surface area contributed by atoms with Gasteiger partial charge in [0, 0.05) is 24.3 Å². The molecule has 0 unspecified atom stereocenters. The van der Waals surface area contributed by atoms with Crippen LogP contribution in [0.3, 0.4) is 0 Å². The van der Waals surface area contributed by atoms with Gasteiger partial charge >= 0.3 is 0 Å². The van der Waals surface area contributed by atoms with Gasteiger partial charge in [-0.1, -0.05) is 6.07 Å². The molecule has 0 aliphatic carbocycles. The van der Waals surface area contributed by atoms with Crippen LogP contribution in [-0.2, 0) is 0 Å². The molecular weight excluding hydrogens is 315 g/mol. The van der Waals surface area contributed by atoms with Crippen LogP contribution < -0.4 is 27.8 Å². The predicted octanol–water partition coefficient (Wildman–Crippen LogP) is 0.533. The number of primary amides is 2. The third-order valence-corrected chi connectivity index (χ3v) is 3.09. The summed E-state index contributed by atoms with van der Waals surface area (Å²) in [5.41, 5.74) is 16.4. The predicted molar refractivity (Wildman–Crippen MR) is 88.5 cm³/mol. The van der Waals surface area contributed by atoms with E-state index in [2.05, 4.69) is 15.6 Å². The van der Waals surface area contributed by atoms with E-state index < -0.39 is 17.6 Å². The topological polar surface area (TPSA) is 149 Å². The summed E-state index contributed by atoms with van der Waals surface area (Å²) in [7, 11) is 0. The van der Waals surface area contributed by atoms with E-state index in [0.29, 0.717) is 12.2 Å². The first kappa shape index (κ1) is 17.2. The maximum Gasteiger partial charge on any atom is 0.252 e. The van der Waals surface area contributed by atoms with Crippen molar-refractivity contribution in [2.45, 2.75) is 0 Å². The summed E-state index contributed by atoms with van der Waals surface area (Å²) in [6.45, 7) is 0.582. The molecule has 1 aromatic carbocycles. The number of benzene rings is 1. The standard InChI is InChI=1S/C15H17FN6O2/c16-11-7-10(13(19)24)14(22-15(11)20-5-4-17)21-9-3-1-2-8(6-9)12(18)23/h1-3,6-7H,4-5,17H2,(H2,18,23)(H2,19,24)(H2,20,21,22). The van der Waals surface area contributed by atoms with Crippen molar-refractivity contribution in [3.05, 3.63) is 47.3 Å². The minimum atomic E-state index is -0.847. The van der Waals surface area contributed by atoms with Crippen molar-refractivity contribution in [2.24, 2.45) is 17.2 Å². The SMILES string of the molecule is NCCNc1nc(Nc2cccc(C(N)=O)c2)c(C(N)=O)cc1F. The molecule has 2 aromatic rings. The summed E-state index contributed by atoms with van der Waals surface area (Å²) in [6, 6.07) is 7.23. The van der Waals surface area contributed by atoms with Crippen LogP contribution in [0.2, 0.25) is 0 Å². The molecule has 24 heavy (non-hydrogen) atoms. The number of hydrogen-bond acceptors (Lipinski definition) is 6. The van der Waals surface area contributed by atoms with Gasteiger partial charge in [0.25, 0.3) is 5.91 Å². The highest BCUT2D eigenvalue weighted by Gasteiger charge is 2.16. The fourth-order valence-electron chi connectivity index (χ4n) is 1.97. The summed E-state index contributed by atoms with van der Waals surface area (Å²) in [5.74, 6) is -2.20. The molecule has 1 heterocycles. The monoisotopic (exact) mass is 332 g/mol. The zero-order chi connectivity index (χ0) is 17.7. The van der Waals surface area contributed by atoms with Crippen molar-refractivity contribution in [1.29, 1.82) is 0 Å². The maximum absolute atomic E-state index is 14.0. The van der Waals surface area contributed by atoms with E-state index in [1.54, 1.807) is 12.1 Å². The molecule has 0 aliphatic rings. The van der Waals surface area contributed by atoms with Gasteiger partial charge in [-0.25, -0.2) is 9.37 Å². The summed E-state index contributed by atoms with van der Waals surface area (Å²) in [5, 5.41) is 5.54. The number of nitrogens with zero attached hydrogens (tertiary/aromatic N) is 1. The fraction of sp³-hybridized carbons (Fsp3) is 0.133. The highest BCUT2D eigenvalue weighted by atomic mass is 19.1. The summed E-state index contributed by atoms with van der Waals surface area (Å²) in [4.78, 5) is 26.8. The number of amides is 2. The van der Waals surface area contributed by atoms with Gasteiger partial charge in [-0.05, 0) is 24.3 Å². The van der Waals surface area contributed by atoms with Gasteiger partial charge in [-0.2, -0.15) is 0 Å². The lowest BCUT2D eigenvalue weighted by Gasteiger charge is -2.13. The normalized spacial score (nSPS) is 10.2. The molecular formula is C15H17FN6O2. The Kier molecular flexibility index (Phi) is 5.27. The first-order valence-electron chi connectivity index (χ1n) is 7.03. The van der Waals surface area contributed by atoms with E-state index in [1.165, 1.54) is 12.1 Å². The van der Waals surface area contributed by atoms with E-state index in [9.17, 15) is 14.0 Å². The number of pyridine rings is 1. The minimum absolute atomic E-state index is 0.0463. The molecule has 0 aliphatic heterocycles. The van der Waals surface area contributed by atoms with Crippen LogP contribution in [0, 0.1) is 5.82 Å². The van der Waals surface area contributed by atoms with Crippen LogP contribution in [-0.4, -0.2) is 29.9 Å². The Balaban J connectivity index is 2.41. The first-order chi connectivity index (χ1) is 11.4. The number of carbonyl (C=O) groups excluding carboxylic acids is 2. The number of halogens is 1. The van der Waals surface area contributed by atoms with E-state index >= 15 is 0 Å². The molecule has 0 fully saturated rings. The van der Waals surface area contributed by atoms with Gasteiger partial charge in [0.15, 0.2) is 11.6 Å². The van der Waals surface area contributed by atoms with Crippen LogP contribution >= 0.6 is 0 Å². The Morgan fingerprint density at radius 2 is 1.88 bits per heavy atom. The van der Waals surface area contributed by atoms with Gasteiger partial charge in [0.1, 0.15) is 5.82 Å². The van der Waals surface area contributed by atoms with E-state index in [-0.39, 0.29) is 29.3 Å². The van der Waals surface area contributed by atoms with Gasteiger partial charge < -0.3 is 27.8 Å². The van der Waals surface area contributed by atoms with E-state index in [4.69, 9.17) is 17.2 Å². The number of nitrogens with two attached hydrogens (primary N) is 3. The van der Waals surface area contributed by atoms with Crippen molar-refractivity contribution >= 4 is 29.1 Å². The quantitative estimate of drug-likeness (QED) is 0.499. The molecule has 0 saturated carbocycles. The first-order valence-corrected chi connectivity index (χ1v) is 7.03. The van der Waals surface area contributed by atoms with Crippen molar-refractivity contribution < 1.29 is 14.0 Å². The number of nitrogens with one attached hydrogen (secondary N) is 2. The lowest BCUT2D eigenvalue weighted by molar-refractivity contribution is 0.0991. The molecule has 1 aromatic heterocycles. The molecule has 8 nitrogen and oxygen atoms in total. The van der Waals surface area contributed by atoms with Crippen molar-refractivity contribution in [3.8, 4) is 0 Å². The Labute approximate surface area is 137 Å². The maximum atomic E-state index is 14.0. The van der Waals surface area contributed by atoms with Crippen LogP contribution in [0.25, 0.3) is 0 Å². The number of anilines is 3. The Bertz CT molecular complexity index is 781. The highest BCUT2D eigenvalue weighted by molar-refractivity contribution is 5.99. The molecule has 0 atom stereocenters. The van der Waals surface area contributed by atoms with Crippen LogP contribution in [0.1, 0.15) is 20.7 Å². The number of carbonyl (C=O) groups is 2. The van der Waals surface area contributed by atoms with Crippen molar-refractivity contribution in [2.75, 3.05) is 23.7 Å². The number of aromatic nitrogens is 1. The summed E-state index contributed by atoms with van der Waals surface area (Å²) >= 11 is 0. The molecule has 2 amide bonds. The van der Waals surface area contributed by atoms with Gasteiger partial charge in [0.2, 0.25) is 5.91 Å². The lowest BCUT2D eigenvalue weighted by atomic mass is 10.1. The molecule has 9 heteroatoms. The summed E-state index contributed by atoms with van der Waals surface area (Å²) in [6.07, 6.45) is 0. The average Bonchev–Trinajstić information content (AvgIpc) is 2.54. The third kappa shape index (κ3) is 3.96. The smallest absolute Gasteiger partial charge is 0.252 e. The van der Waals surface area contributed by atoms with Crippen molar-refractivity contribution in [1.82, 2.24) is 4.98 Å². The molecule has 0 radical (unpaired) electrons. The number of rotatable bonds is 7. The largest absolute Gasteiger partial charge is 0.366 e. The second-order valence-electron chi connectivity index (χ2n) is 4.86. The molecule has 0 bridgehead atoms. The second kappa shape index (κ2) is 7.38. The minimum Gasteiger partial charge on any atom is -0.366 e. The molecule has 0 spiro atoms. The van der Waals surface area contributed by atoms with E-state index in [0.717, 1.165) is 6.07 Å². The lowest BCUT2D eigenvalue weighted by Crippen LogP contribution is -2.18. The Morgan fingerprint density at radius 1 is 1.12 bits per heavy atom. The molecule has 2 rings (SSSR count). The fourth-order valence-corrected chi connectivity index (χ4v) is 1.97. The van der Waals surface area contributed by atoms with Gasteiger partial charge in [-0.3, -0.25) is 9.59 Å². The Morgan fingerprint density at radius 3 is 2.50 bits per heavy atom. The third-order valence-electron chi connectivity index (χ3n) is 3.09. The van der Waals surface area contributed by atoms with E-state index in [1.807, 2.05) is 0 Å². The average molecular weight is 332 g/mol. The van der Waals surface area contributed by atoms with Gasteiger partial charge in [0.05, 0.1) is 5.56 Å². The zero-order valence-electron chi connectivity index (χ0n) is 12.7. The van der Waals surface area contributed by atoms with Crippen LogP contribution in [0.4, 0.5) is 21.7 Å². The molecule has 8 N–H and O–H groups in total. The van der Waals surface area contributed by atoms with Gasteiger partial charge in [-0.15, -0.1) is 0 Å². The van der Waals surface area contributed by atoms with Crippen LogP contribution in [0.5, 0.6) is 0 Å². The second-order valence-corrected chi connectivity index (χ2v) is 4.86. The zero-order valence-corrected chi connectivity index (χ0v) is 12.7. The van der Waals surface area contributed by atoms with Crippen LogP contribution in [0.15, 0.2) is 30.3 Å². The molecule has 0 saturated heterocycles.